The van der Waals surface area contributed by atoms with Crippen molar-refractivity contribution in [2.75, 3.05) is 14.2 Å². The van der Waals surface area contributed by atoms with Gasteiger partial charge in [-0.05, 0) is 34.7 Å². The smallest absolute Gasteiger partial charge is 0.154 e. The number of halogens is 2. The summed E-state index contributed by atoms with van der Waals surface area (Å²) in [4.78, 5) is 0. The molecule has 0 atom stereocenters. The highest BCUT2D eigenvalue weighted by molar-refractivity contribution is 14.1. The molecule has 0 amide bonds. The molecule has 0 N–H and O–H groups in total. The van der Waals surface area contributed by atoms with Gasteiger partial charge in [-0.3, -0.25) is 0 Å². The summed E-state index contributed by atoms with van der Waals surface area (Å²) in [6, 6.07) is 3.56. The molecule has 66 valence electrons. The Bertz CT molecular complexity index is 289. The molecular weight excluding hydrogens is 290 g/mol. The van der Waals surface area contributed by atoms with E-state index in [0.29, 0.717) is 10.8 Å². The van der Waals surface area contributed by atoms with Gasteiger partial charge in [0.05, 0.1) is 22.8 Å². The van der Waals surface area contributed by atoms with Crippen LogP contribution in [0.5, 0.6) is 11.5 Å². The first-order chi connectivity index (χ1) is 5.70. The summed E-state index contributed by atoms with van der Waals surface area (Å²) in [5.74, 6) is 1.44. The standard InChI is InChI=1S/C8H8ClIO2/c1-11-6-4-3-5(9)8(12-2)7(6)10/h3-4H,1-2H3. The molecule has 0 aliphatic carbocycles. The summed E-state index contributed by atoms with van der Waals surface area (Å²) in [5, 5.41) is 0.600. The highest BCUT2D eigenvalue weighted by Gasteiger charge is 2.10. The van der Waals surface area contributed by atoms with Gasteiger partial charge in [-0.2, -0.15) is 0 Å². The molecule has 0 radical (unpaired) electrons. The van der Waals surface area contributed by atoms with Gasteiger partial charge in [0.15, 0.2) is 5.75 Å². The van der Waals surface area contributed by atoms with Crippen molar-refractivity contribution in [1.29, 1.82) is 0 Å². The second kappa shape index (κ2) is 4.18. The van der Waals surface area contributed by atoms with E-state index >= 15 is 0 Å². The summed E-state index contributed by atoms with van der Waals surface area (Å²) in [5.41, 5.74) is 0. The fourth-order valence-corrected chi connectivity index (χ4v) is 2.16. The highest BCUT2D eigenvalue weighted by Crippen LogP contribution is 2.35. The van der Waals surface area contributed by atoms with Crippen molar-refractivity contribution >= 4 is 34.2 Å². The molecule has 0 saturated heterocycles. The molecule has 0 aliphatic heterocycles. The Morgan fingerprint density at radius 3 is 2.42 bits per heavy atom. The third kappa shape index (κ3) is 1.77. The summed E-state index contributed by atoms with van der Waals surface area (Å²) in [7, 11) is 3.20. The van der Waals surface area contributed by atoms with Crippen molar-refractivity contribution in [3.8, 4) is 11.5 Å². The molecule has 0 saturated carbocycles. The van der Waals surface area contributed by atoms with Crippen molar-refractivity contribution in [3.05, 3.63) is 20.7 Å². The van der Waals surface area contributed by atoms with E-state index in [2.05, 4.69) is 22.6 Å². The molecule has 12 heavy (non-hydrogen) atoms. The van der Waals surface area contributed by atoms with E-state index in [9.17, 15) is 0 Å². The molecule has 0 unspecified atom stereocenters. The SMILES string of the molecule is COc1ccc(Cl)c(OC)c1I. The first kappa shape index (κ1) is 9.92. The quantitative estimate of drug-likeness (QED) is 0.782. The van der Waals surface area contributed by atoms with Crippen LogP contribution in [0.25, 0.3) is 0 Å². The first-order valence-electron chi connectivity index (χ1n) is 3.26. The molecule has 2 nitrogen and oxygen atoms in total. The lowest BCUT2D eigenvalue weighted by Crippen LogP contribution is -1.92. The fourth-order valence-electron chi connectivity index (χ4n) is 0.859. The van der Waals surface area contributed by atoms with Crippen LogP contribution in [0.1, 0.15) is 0 Å². The van der Waals surface area contributed by atoms with E-state index in [1.807, 2.05) is 6.07 Å². The van der Waals surface area contributed by atoms with Gasteiger partial charge in [0.25, 0.3) is 0 Å². The van der Waals surface area contributed by atoms with E-state index in [0.717, 1.165) is 9.32 Å². The zero-order valence-corrected chi connectivity index (χ0v) is 9.64. The lowest BCUT2D eigenvalue weighted by atomic mass is 10.3. The zero-order valence-electron chi connectivity index (χ0n) is 6.73. The van der Waals surface area contributed by atoms with Gasteiger partial charge >= 0.3 is 0 Å². The predicted octanol–water partition coefficient (Wildman–Crippen LogP) is 2.96. The lowest BCUT2D eigenvalue weighted by Gasteiger charge is -2.08. The fraction of sp³-hybridized carbons (Fsp3) is 0.250. The van der Waals surface area contributed by atoms with Crippen LogP contribution < -0.4 is 9.47 Å². The molecule has 1 rings (SSSR count). The average molecular weight is 299 g/mol. The number of rotatable bonds is 2. The summed E-state index contributed by atoms with van der Waals surface area (Å²) >= 11 is 8.01. The molecule has 0 fully saturated rings. The molecule has 0 bridgehead atoms. The zero-order chi connectivity index (χ0) is 9.14. The minimum Gasteiger partial charge on any atom is -0.496 e. The van der Waals surface area contributed by atoms with Gasteiger partial charge in [-0.25, -0.2) is 0 Å². The Labute approximate surface area is 90.0 Å². The van der Waals surface area contributed by atoms with Gasteiger partial charge in [0.1, 0.15) is 5.75 Å². The Balaban J connectivity index is 3.24. The minimum absolute atomic E-state index is 0.600. The second-order valence-corrected chi connectivity index (χ2v) is 3.58. The van der Waals surface area contributed by atoms with Crippen LogP contribution in [-0.2, 0) is 0 Å². The third-order valence-electron chi connectivity index (χ3n) is 1.44. The minimum atomic E-state index is 0.600. The summed E-state index contributed by atoms with van der Waals surface area (Å²) in [6.07, 6.45) is 0. The van der Waals surface area contributed by atoms with E-state index < -0.39 is 0 Å². The Morgan fingerprint density at radius 1 is 1.25 bits per heavy atom. The number of hydrogen-bond donors (Lipinski definition) is 0. The van der Waals surface area contributed by atoms with Gasteiger partial charge in [-0.15, -0.1) is 0 Å². The first-order valence-corrected chi connectivity index (χ1v) is 4.72. The highest BCUT2D eigenvalue weighted by atomic mass is 127. The molecule has 0 aromatic heterocycles. The number of hydrogen-bond acceptors (Lipinski definition) is 2. The molecule has 0 spiro atoms. The van der Waals surface area contributed by atoms with Crippen LogP contribution in [0, 0.1) is 3.57 Å². The van der Waals surface area contributed by atoms with Gasteiger partial charge < -0.3 is 9.47 Å². The number of methoxy groups -OCH3 is 2. The Kier molecular flexibility index (Phi) is 3.46. The number of benzene rings is 1. The van der Waals surface area contributed by atoms with Gasteiger partial charge in [0.2, 0.25) is 0 Å². The van der Waals surface area contributed by atoms with Crippen LogP contribution in [0.15, 0.2) is 12.1 Å². The molecular formula is C8H8ClIO2. The van der Waals surface area contributed by atoms with Gasteiger partial charge in [0, 0.05) is 0 Å². The number of ether oxygens (including phenoxy) is 2. The maximum absolute atomic E-state index is 5.87. The monoisotopic (exact) mass is 298 g/mol. The van der Waals surface area contributed by atoms with Crippen LogP contribution in [0.2, 0.25) is 5.02 Å². The van der Waals surface area contributed by atoms with Crippen molar-refractivity contribution in [3.63, 3.8) is 0 Å². The molecule has 1 aromatic rings. The van der Waals surface area contributed by atoms with Crippen molar-refractivity contribution in [1.82, 2.24) is 0 Å². The van der Waals surface area contributed by atoms with E-state index in [-0.39, 0.29) is 0 Å². The topological polar surface area (TPSA) is 18.5 Å². The maximum Gasteiger partial charge on any atom is 0.154 e. The maximum atomic E-state index is 5.87. The molecule has 1 aromatic carbocycles. The molecule has 4 heteroatoms. The predicted molar refractivity (Wildman–Crippen MR) is 57.3 cm³/mol. The third-order valence-corrected chi connectivity index (χ3v) is 2.76. The largest absolute Gasteiger partial charge is 0.496 e. The van der Waals surface area contributed by atoms with Crippen molar-refractivity contribution < 1.29 is 9.47 Å². The molecule has 0 aliphatic rings. The van der Waals surface area contributed by atoms with Crippen LogP contribution in [0.3, 0.4) is 0 Å². The summed E-state index contributed by atoms with van der Waals surface area (Å²) in [6.45, 7) is 0. The van der Waals surface area contributed by atoms with E-state index in [1.54, 1.807) is 20.3 Å². The van der Waals surface area contributed by atoms with E-state index in [4.69, 9.17) is 21.1 Å². The van der Waals surface area contributed by atoms with Crippen molar-refractivity contribution in [2.24, 2.45) is 0 Å². The lowest BCUT2D eigenvalue weighted by molar-refractivity contribution is 0.389. The van der Waals surface area contributed by atoms with E-state index in [1.165, 1.54) is 0 Å². The average Bonchev–Trinajstić information content (AvgIpc) is 2.06. The van der Waals surface area contributed by atoms with Crippen molar-refractivity contribution in [2.45, 2.75) is 0 Å². The van der Waals surface area contributed by atoms with Crippen LogP contribution >= 0.6 is 34.2 Å². The van der Waals surface area contributed by atoms with Crippen LogP contribution in [0.4, 0.5) is 0 Å². The van der Waals surface area contributed by atoms with Gasteiger partial charge in [-0.1, -0.05) is 11.6 Å². The Hall–Kier alpha value is -0.160. The summed E-state index contributed by atoms with van der Waals surface area (Å²) < 4.78 is 11.1. The Morgan fingerprint density at radius 2 is 1.92 bits per heavy atom. The second-order valence-electron chi connectivity index (χ2n) is 2.10. The van der Waals surface area contributed by atoms with Crippen LogP contribution in [-0.4, -0.2) is 14.2 Å². The molecule has 0 heterocycles. The normalized spacial score (nSPS) is 9.67.